The van der Waals surface area contributed by atoms with Gasteiger partial charge in [0.25, 0.3) is 0 Å². The van der Waals surface area contributed by atoms with Crippen LogP contribution in [-0.2, 0) is 4.74 Å². The van der Waals surface area contributed by atoms with E-state index in [0.717, 1.165) is 23.4 Å². The Labute approximate surface area is 158 Å². The van der Waals surface area contributed by atoms with E-state index < -0.39 is 6.03 Å². The van der Waals surface area contributed by atoms with Crippen molar-refractivity contribution in [2.24, 2.45) is 5.10 Å². The molecule has 2 heterocycles. The van der Waals surface area contributed by atoms with E-state index in [-0.39, 0.29) is 0 Å². The van der Waals surface area contributed by atoms with Crippen LogP contribution in [-0.4, -0.2) is 38.5 Å². The number of hydrazone groups is 1. The Morgan fingerprint density at radius 2 is 2.00 bits per heavy atom. The number of urea groups is 1. The van der Waals surface area contributed by atoms with Crippen molar-refractivity contribution in [2.75, 3.05) is 36.5 Å². The van der Waals surface area contributed by atoms with Crippen molar-refractivity contribution in [1.82, 2.24) is 5.43 Å². The number of anilines is 2. The maximum atomic E-state index is 11.8. The zero-order valence-electron chi connectivity index (χ0n) is 13.2. The van der Waals surface area contributed by atoms with Crippen LogP contribution in [0.5, 0.6) is 0 Å². The predicted molar refractivity (Wildman–Crippen MR) is 101 cm³/mol. The van der Waals surface area contributed by atoms with Crippen LogP contribution in [0.3, 0.4) is 0 Å². The van der Waals surface area contributed by atoms with E-state index in [1.54, 1.807) is 30.3 Å². The number of hydrogen-bond acceptors (Lipinski definition) is 5. The Balaban J connectivity index is 1.55. The molecule has 0 radical (unpaired) electrons. The fourth-order valence-electron chi connectivity index (χ4n) is 2.27. The fraction of sp³-hybridized carbons (Fsp3) is 0.250. The Morgan fingerprint density at radius 3 is 2.72 bits per heavy atom. The van der Waals surface area contributed by atoms with Crippen LogP contribution in [0, 0.1) is 0 Å². The van der Waals surface area contributed by atoms with E-state index in [1.807, 2.05) is 0 Å². The smallest absolute Gasteiger partial charge is 0.339 e. The van der Waals surface area contributed by atoms with Crippen molar-refractivity contribution >= 4 is 51.3 Å². The van der Waals surface area contributed by atoms with Gasteiger partial charge in [-0.05, 0) is 40.2 Å². The number of rotatable bonds is 4. The lowest BCUT2D eigenvalue weighted by molar-refractivity contribution is 0.120. The van der Waals surface area contributed by atoms with Gasteiger partial charge in [0.05, 0.1) is 23.9 Å². The highest BCUT2D eigenvalue weighted by Gasteiger charge is 2.18. The number of benzene rings is 1. The maximum Gasteiger partial charge on any atom is 0.339 e. The third-order valence-electron chi connectivity index (χ3n) is 3.45. The van der Waals surface area contributed by atoms with Crippen molar-refractivity contribution < 1.29 is 13.9 Å². The largest absolute Gasteiger partial charge is 0.438 e. The summed E-state index contributed by atoms with van der Waals surface area (Å²) in [5.74, 6) is 1.26. The third kappa shape index (κ3) is 4.97. The number of nitrogens with zero attached hydrogens (tertiary/aromatic N) is 2. The maximum absolute atomic E-state index is 11.8. The molecule has 2 N–H and O–H groups in total. The second-order valence-electron chi connectivity index (χ2n) is 5.23. The Bertz CT molecular complexity index is 757. The summed E-state index contributed by atoms with van der Waals surface area (Å²) in [5.41, 5.74) is 3.00. The molecule has 1 aromatic carbocycles. The van der Waals surface area contributed by atoms with Gasteiger partial charge in [-0.25, -0.2) is 10.2 Å². The van der Waals surface area contributed by atoms with Gasteiger partial charge in [-0.2, -0.15) is 5.10 Å². The fourth-order valence-corrected chi connectivity index (χ4v) is 2.95. The van der Waals surface area contributed by atoms with E-state index in [0.29, 0.717) is 29.7 Å². The van der Waals surface area contributed by atoms with Gasteiger partial charge in [0.1, 0.15) is 0 Å². The third-order valence-corrected chi connectivity index (χ3v) is 4.27. The van der Waals surface area contributed by atoms with Crippen LogP contribution in [0.25, 0.3) is 0 Å². The van der Waals surface area contributed by atoms with Gasteiger partial charge in [0.2, 0.25) is 5.88 Å². The van der Waals surface area contributed by atoms with Crippen molar-refractivity contribution in [1.29, 1.82) is 0 Å². The zero-order chi connectivity index (χ0) is 17.6. The Kier molecular flexibility index (Phi) is 5.95. The predicted octanol–water partition coefficient (Wildman–Crippen LogP) is 3.69. The first-order chi connectivity index (χ1) is 12.1. The topological polar surface area (TPSA) is 79.1 Å². The van der Waals surface area contributed by atoms with Crippen LogP contribution in [0.1, 0.15) is 5.76 Å². The summed E-state index contributed by atoms with van der Waals surface area (Å²) in [4.78, 5) is 13.9. The number of amides is 2. The number of hydrogen-bond donors (Lipinski definition) is 2. The Hall–Kier alpha value is -2.03. The second kappa shape index (κ2) is 8.37. The molecule has 1 aromatic heterocycles. The van der Waals surface area contributed by atoms with E-state index in [1.165, 1.54) is 6.21 Å². The molecule has 3 rings (SSSR count). The molecule has 7 nitrogen and oxygen atoms in total. The number of carbonyl (C=O) groups excluding carboxylic acids is 1. The van der Waals surface area contributed by atoms with Crippen molar-refractivity contribution in [3.63, 3.8) is 0 Å². The summed E-state index contributed by atoms with van der Waals surface area (Å²) in [6.45, 7) is 2.88. The highest BCUT2D eigenvalue weighted by atomic mass is 79.9. The lowest BCUT2D eigenvalue weighted by Crippen LogP contribution is -2.36. The van der Waals surface area contributed by atoms with E-state index in [9.17, 15) is 4.79 Å². The van der Waals surface area contributed by atoms with E-state index in [2.05, 4.69) is 36.7 Å². The number of ether oxygens (including phenoxy) is 1. The van der Waals surface area contributed by atoms with Crippen LogP contribution in [0.15, 0.2) is 44.3 Å². The molecule has 1 saturated heterocycles. The molecule has 0 atom stereocenters. The molecule has 9 heteroatoms. The number of nitrogens with one attached hydrogen (secondary N) is 2. The Morgan fingerprint density at radius 1 is 1.28 bits per heavy atom. The van der Waals surface area contributed by atoms with Crippen LogP contribution >= 0.6 is 27.5 Å². The summed E-state index contributed by atoms with van der Waals surface area (Å²) in [6, 6.07) is 8.11. The minimum absolute atomic E-state index is 0.461. The van der Waals surface area contributed by atoms with Gasteiger partial charge < -0.3 is 19.4 Å². The molecule has 0 aliphatic carbocycles. The van der Waals surface area contributed by atoms with E-state index >= 15 is 0 Å². The molecule has 0 saturated carbocycles. The lowest BCUT2D eigenvalue weighted by Gasteiger charge is -2.26. The lowest BCUT2D eigenvalue weighted by atomic mass is 10.3. The summed E-state index contributed by atoms with van der Waals surface area (Å²) >= 11 is 9.27. The second-order valence-corrected chi connectivity index (χ2v) is 6.52. The molecule has 0 unspecified atom stereocenters. The van der Waals surface area contributed by atoms with Gasteiger partial charge in [-0.3, -0.25) is 0 Å². The number of furan rings is 1. The van der Waals surface area contributed by atoms with Crippen LogP contribution < -0.4 is 15.6 Å². The minimum atomic E-state index is -0.461. The standard InChI is InChI=1S/C16H16BrClN4O3/c17-14-9-13(25-15(14)22-5-7-24-8-6-22)10-19-21-16(23)20-12-3-1-11(18)2-4-12/h1-4,9-10H,5-8H2,(H2,20,21,23)/b19-10+. The molecule has 25 heavy (non-hydrogen) atoms. The summed E-state index contributed by atoms with van der Waals surface area (Å²) < 4.78 is 11.9. The summed E-state index contributed by atoms with van der Waals surface area (Å²) in [7, 11) is 0. The number of halogens is 2. The first-order valence-electron chi connectivity index (χ1n) is 7.59. The highest BCUT2D eigenvalue weighted by molar-refractivity contribution is 9.10. The quantitative estimate of drug-likeness (QED) is 0.576. The van der Waals surface area contributed by atoms with Crippen molar-refractivity contribution in [3.8, 4) is 0 Å². The average molecular weight is 428 g/mol. The monoisotopic (exact) mass is 426 g/mol. The summed E-state index contributed by atoms with van der Waals surface area (Å²) in [5, 5.41) is 7.12. The van der Waals surface area contributed by atoms with Gasteiger partial charge in [-0.1, -0.05) is 11.6 Å². The first-order valence-corrected chi connectivity index (χ1v) is 8.76. The van der Waals surface area contributed by atoms with Crippen molar-refractivity contribution in [2.45, 2.75) is 0 Å². The van der Waals surface area contributed by atoms with Crippen molar-refractivity contribution in [3.05, 3.63) is 45.6 Å². The molecular weight excluding hydrogens is 412 g/mol. The van der Waals surface area contributed by atoms with Gasteiger partial charge >= 0.3 is 6.03 Å². The molecule has 1 aliphatic rings. The molecule has 0 bridgehead atoms. The molecule has 132 valence electrons. The minimum Gasteiger partial charge on any atom is -0.438 e. The zero-order valence-corrected chi connectivity index (χ0v) is 15.5. The molecule has 2 aromatic rings. The average Bonchev–Trinajstić information content (AvgIpc) is 2.98. The van der Waals surface area contributed by atoms with Gasteiger partial charge in [0, 0.05) is 29.9 Å². The van der Waals surface area contributed by atoms with Gasteiger partial charge in [0.15, 0.2) is 5.76 Å². The number of morpholine rings is 1. The molecule has 1 aliphatic heterocycles. The highest BCUT2D eigenvalue weighted by Crippen LogP contribution is 2.30. The SMILES string of the molecule is O=C(N/N=C/c1cc(Br)c(N2CCOCC2)o1)Nc1ccc(Cl)cc1. The van der Waals surface area contributed by atoms with E-state index in [4.69, 9.17) is 20.8 Å². The molecule has 1 fully saturated rings. The van der Waals surface area contributed by atoms with Crippen LogP contribution in [0.4, 0.5) is 16.4 Å². The van der Waals surface area contributed by atoms with Crippen LogP contribution in [0.2, 0.25) is 5.02 Å². The number of carbonyl (C=O) groups is 1. The van der Waals surface area contributed by atoms with Gasteiger partial charge in [-0.15, -0.1) is 0 Å². The first kappa shape index (κ1) is 17.8. The molecule has 2 amide bonds. The normalized spacial score (nSPS) is 14.7. The molecule has 0 spiro atoms. The summed E-state index contributed by atoms with van der Waals surface area (Å²) in [6.07, 6.45) is 1.44. The molecular formula is C16H16BrClN4O3.